The molecule has 1 unspecified atom stereocenters. The van der Waals surface area contributed by atoms with Crippen molar-refractivity contribution in [3.8, 4) is 0 Å². The van der Waals surface area contributed by atoms with E-state index in [9.17, 15) is 4.79 Å². The van der Waals surface area contributed by atoms with E-state index in [2.05, 4.69) is 60.3 Å². The van der Waals surface area contributed by atoms with Crippen molar-refractivity contribution in [2.75, 3.05) is 19.8 Å². The molecule has 5 nitrogen and oxygen atoms in total. The van der Waals surface area contributed by atoms with Gasteiger partial charge in [0.15, 0.2) is 0 Å². The molecule has 0 heterocycles. The normalized spacial score (nSPS) is 14.1. The van der Waals surface area contributed by atoms with Crippen LogP contribution in [0, 0.1) is 0 Å². The first-order valence-electron chi connectivity index (χ1n) is 10.8. The Hall–Kier alpha value is -0.376. The third kappa shape index (κ3) is 7.18. The lowest BCUT2D eigenvalue weighted by molar-refractivity contribution is 0.174. The fourth-order valence-electron chi connectivity index (χ4n) is 4.59. The van der Waals surface area contributed by atoms with E-state index in [1.165, 1.54) is 0 Å². The van der Waals surface area contributed by atoms with E-state index in [4.69, 9.17) is 13.3 Å². The predicted octanol–water partition coefficient (Wildman–Crippen LogP) is 6.20. The summed E-state index contributed by atoms with van der Waals surface area (Å²) in [7, 11) is -4.43. The quantitative estimate of drug-likeness (QED) is 0.361. The topological polar surface area (TPSA) is 56.8 Å². The van der Waals surface area contributed by atoms with Crippen molar-refractivity contribution in [3.05, 3.63) is 0 Å². The molecule has 0 rings (SSSR count). The summed E-state index contributed by atoms with van der Waals surface area (Å²) in [5.41, 5.74) is 1.51. The van der Waals surface area contributed by atoms with Crippen molar-refractivity contribution in [1.82, 2.24) is 5.32 Å². The molecule has 7 heteroatoms. The molecule has 0 aliphatic rings. The summed E-state index contributed by atoms with van der Waals surface area (Å²) in [4.78, 5) is 12.6. The summed E-state index contributed by atoms with van der Waals surface area (Å²) >= 11 is 0. The number of carbonyl (C=O) groups is 1. The first-order chi connectivity index (χ1) is 12.5. The van der Waals surface area contributed by atoms with Crippen LogP contribution in [0.15, 0.2) is 0 Å². The first-order valence-corrected chi connectivity index (χ1v) is 15.3. The molecule has 0 saturated carbocycles. The molecule has 0 aromatic carbocycles. The lowest BCUT2D eigenvalue weighted by atomic mass is 10.2. The minimum Gasteiger partial charge on any atom is -0.503 e. The third-order valence-electron chi connectivity index (χ3n) is 5.83. The van der Waals surface area contributed by atoms with Crippen LogP contribution in [-0.4, -0.2) is 42.7 Å². The summed E-state index contributed by atoms with van der Waals surface area (Å²) in [5.74, 6) is 0. The van der Waals surface area contributed by atoms with Gasteiger partial charge in [0.05, 0.1) is 0 Å². The van der Waals surface area contributed by atoms with Crippen LogP contribution < -0.4 is 5.32 Å². The van der Waals surface area contributed by atoms with Gasteiger partial charge in [-0.05, 0) is 43.4 Å². The lowest BCUT2D eigenvalue weighted by Crippen LogP contribution is -2.51. The van der Waals surface area contributed by atoms with Crippen molar-refractivity contribution >= 4 is 23.0 Å². The summed E-state index contributed by atoms with van der Waals surface area (Å²) in [6.07, 6.45) is 1.58. The molecule has 0 radical (unpaired) electrons. The SMILES string of the molecule is CCO[Si](C)(OCC)C(CC)CCNC(=O)O[Si](C(C)C)(C(C)C)C(C)C. The smallest absolute Gasteiger partial charge is 0.393 e. The van der Waals surface area contributed by atoms with E-state index in [0.717, 1.165) is 12.8 Å². The molecule has 0 aromatic rings. The molecule has 0 saturated heterocycles. The second-order valence-corrected chi connectivity index (χ2v) is 17.2. The molecule has 0 aliphatic heterocycles. The Kier molecular flexibility index (Phi) is 12.1. The molecule has 1 amide bonds. The highest BCUT2D eigenvalue weighted by Gasteiger charge is 2.48. The number of hydrogen-bond acceptors (Lipinski definition) is 4. The highest BCUT2D eigenvalue weighted by Crippen LogP contribution is 2.42. The minimum atomic E-state index is -2.23. The van der Waals surface area contributed by atoms with Crippen LogP contribution in [0.2, 0.25) is 28.7 Å². The Morgan fingerprint density at radius 3 is 1.67 bits per heavy atom. The van der Waals surface area contributed by atoms with Crippen LogP contribution in [0.3, 0.4) is 0 Å². The van der Waals surface area contributed by atoms with Crippen molar-refractivity contribution in [2.45, 2.75) is 104 Å². The molecule has 162 valence electrons. The van der Waals surface area contributed by atoms with E-state index < -0.39 is 16.9 Å². The summed E-state index contributed by atoms with van der Waals surface area (Å²) in [6, 6.07) is 0. The van der Waals surface area contributed by atoms with Gasteiger partial charge in [-0.3, -0.25) is 0 Å². The maximum atomic E-state index is 12.6. The molecular weight excluding hydrogens is 374 g/mol. The maximum Gasteiger partial charge on any atom is 0.393 e. The number of hydrogen-bond donors (Lipinski definition) is 1. The number of nitrogens with one attached hydrogen (secondary N) is 1. The van der Waals surface area contributed by atoms with Crippen LogP contribution in [-0.2, 0) is 13.3 Å². The Bertz CT molecular complexity index is 402. The van der Waals surface area contributed by atoms with Gasteiger partial charge in [0, 0.05) is 25.3 Å². The molecule has 0 bridgehead atoms. The van der Waals surface area contributed by atoms with Gasteiger partial charge in [-0.1, -0.05) is 54.9 Å². The number of rotatable bonds is 13. The summed E-state index contributed by atoms with van der Waals surface area (Å²) in [5, 5.41) is 3.01. The van der Waals surface area contributed by atoms with Gasteiger partial charge in [0.1, 0.15) is 0 Å². The van der Waals surface area contributed by atoms with Crippen LogP contribution in [0.4, 0.5) is 4.79 Å². The Labute approximate surface area is 170 Å². The second-order valence-electron chi connectivity index (χ2n) is 8.41. The van der Waals surface area contributed by atoms with Crippen molar-refractivity contribution in [3.63, 3.8) is 0 Å². The maximum absolute atomic E-state index is 12.6. The number of amides is 1. The Morgan fingerprint density at radius 1 is 0.889 bits per heavy atom. The third-order valence-corrected chi connectivity index (χ3v) is 15.7. The van der Waals surface area contributed by atoms with E-state index in [-0.39, 0.29) is 6.09 Å². The second kappa shape index (κ2) is 12.2. The van der Waals surface area contributed by atoms with Crippen LogP contribution in [0.25, 0.3) is 0 Å². The summed E-state index contributed by atoms with van der Waals surface area (Å²) in [6.45, 7) is 23.4. The van der Waals surface area contributed by atoms with Gasteiger partial charge in [-0.25, -0.2) is 4.79 Å². The largest absolute Gasteiger partial charge is 0.503 e. The van der Waals surface area contributed by atoms with Crippen LogP contribution in [0.1, 0.15) is 75.2 Å². The van der Waals surface area contributed by atoms with Gasteiger partial charge in [-0.15, -0.1) is 0 Å². The Balaban J connectivity index is 4.93. The molecule has 0 aromatic heterocycles. The first kappa shape index (κ1) is 26.6. The fraction of sp³-hybridized carbons (Fsp3) is 0.950. The van der Waals surface area contributed by atoms with E-state index in [1.54, 1.807) is 0 Å². The number of carbonyl (C=O) groups excluding carboxylic acids is 1. The van der Waals surface area contributed by atoms with Crippen molar-refractivity contribution < 1.29 is 18.1 Å². The van der Waals surface area contributed by atoms with E-state index in [1.807, 2.05) is 13.8 Å². The zero-order chi connectivity index (χ0) is 21.3. The molecule has 0 aliphatic carbocycles. The highest BCUT2D eigenvalue weighted by molar-refractivity contribution is 6.78. The van der Waals surface area contributed by atoms with Crippen LogP contribution >= 0.6 is 0 Å². The molecule has 0 spiro atoms. The van der Waals surface area contributed by atoms with Gasteiger partial charge in [0.25, 0.3) is 8.32 Å². The monoisotopic (exact) mass is 419 g/mol. The fourth-order valence-corrected chi connectivity index (χ4v) is 12.8. The van der Waals surface area contributed by atoms with Gasteiger partial charge >= 0.3 is 14.7 Å². The van der Waals surface area contributed by atoms with Gasteiger partial charge in [0.2, 0.25) is 0 Å². The van der Waals surface area contributed by atoms with E-state index >= 15 is 0 Å². The van der Waals surface area contributed by atoms with Crippen molar-refractivity contribution in [1.29, 1.82) is 0 Å². The lowest BCUT2D eigenvalue weighted by Gasteiger charge is -2.41. The Morgan fingerprint density at radius 2 is 1.33 bits per heavy atom. The minimum absolute atomic E-state index is 0.260. The zero-order valence-electron chi connectivity index (χ0n) is 19.5. The van der Waals surface area contributed by atoms with Crippen molar-refractivity contribution in [2.24, 2.45) is 0 Å². The zero-order valence-corrected chi connectivity index (χ0v) is 21.5. The molecule has 1 N–H and O–H groups in total. The molecule has 27 heavy (non-hydrogen) atoms. The van der Waals surface area contributed by atoms with Gasteiger partial charge < -0.3 is 18.6 Å². The predicted molar refractivity (Wildman–Crippen MR) is 119 cm³/mol. The standard InChI is InChI=1S/C20H45NO4Si2/c1-11-19(26(10,23-12-2)24-13-3)14-15-21-20(22)25-27(16(4)5,17(6)7)18(8)9/h16-19H,11-15H2,1-10H3,(H,21,22). The highest BCUT2D eigenvalue weighted by atomic mass is 28.4. The molecule has 1 atom stereocenters. The average Bonchev–Trinajstić information content (AvgIpc) is 2.55. The van der Waals surface area contributed by atoms with Crippen LogP contribution in [0.5, 0.6) is 0 Å². The average molecular weight is 420 g/mol. The molecule has 0 fully saturated rings. The van der Waals surface area contributed by atoms with E-state index in [0.29, 0.717) is 41.9 Å². The summed E-state index contributed by atoms with van der Waals surface area (Å²) < 4.78 is 18.2. The molecular formula is C20H45NO4Si2. The van der Waals surface area contributed by atoms with Gasteiger partial charge in [-0.2, -0.15) is 0 Å².